The van der Waals surface area contributed by atoms with Gasteiger partial charge in [-0.1, -0.05) is 13.8 Å². The molecule has 1 aromatic rings. The highest BCUT2D eigenvalue weighted by atomic mass is 35.5. The first-order valence-corrected chi connectivity index (χ1v) is 9.52. The Balaban J connectivity index is 0.00000676. The molecule has 10 heteroatoms. The molecular weight excluding hydrogens is 396 g/mol. The molecule has 0 saturated carbocycles. The quantitative estimate of drug-likeness (QED) is 0.633. The fourth-order valence-electron chi connectivity index (χ4n) is 2.18. The van der Waals surface area contributed by atoms with Crippen molar-refractivity contribution >= 4 is 34.4 Å². The van der Waals surface area contributed by atoms with Gasteiger partial charge in [0.25, 0.3) is 0 Å². The van der Waals surface area contributed by atoms with Gasteiger partial charge in [0.1, 0.15) is 0 Å². The van der Waals surface area contributed by atoms with Crippen LogP contribution in [0.2, 0.25) is 0 Å². The number of esters is 2. The Morgan fingerprint density at radius 2 is 1.52 bits per heavy atom. The number of nitrogens with two attached hydrogens (primary N) is 1. The van der Waals surface area contributed by atoms with Crippen LogP contribution in [0.5, 0.6) is 0 Å². The average molecular weight is 423 g/mol. The number of ether oxygens (including phenoxy) is 2. The number of nitrogens with zero attached hydrogens (tertiary/aromatic N) is 1. The van der Waals surface area contributed by atoms with E-state index in [4.69, 9.17) is 5.73 Å². The van der Waals surface area contributed by atoms with E-state index in [9.17, 15) is 18.0 Å². The molecule has 1 rings (SSSR count). The fourth-order valence-corrected chi connectivity index (χ4v) is 3.44. The first kappa shape index (κ1) is 25.3. The van der Waals surface area contributed by atoms with Gasteiger partial charge < -0.3 is 15.2 Å². The average Bonchev–Trinajstić information content (AvgIpc) is 2.63. The largest absolute Gasteiger partial charge is 0.465 e. The van der Waals surface area contributed by atoms with E-state index in [0.29, 0.717) is 6.42 Å². The maximum Gasteiger partial charge on any atom is 0.337 e. The highest BCUT2D eigenvalue weighted by Gasteiger charge is 2.25. The Kier molecular flexibility index (Phi) is 9.94. The summed E-state index contributed by atoms with van der Waals surface area (Å²) in [7, 11) is -0.170. The molecule has 8 nitrogen and oxygen atoms in total. The lowest BCUT2D eigenvalue weighted by Crippen LogP contribution is -2.34. The number of hydrogen-bond donors (Lipinski definition) is 1. The van der Waals surface area contributed by atoms with Crippen LogP contribution in [0.1, 0.15) is 41.0 Å². The van der Waals surface area contributed by atoms with Crippen LogP contribution in [0.3, 0.4) is 0 Å². The van der Waals surface area contributed by atoms with Crippen molar-refractivity contribution in [2.24, 2.45) is 11.7 Å². The number of benzene rings is 1. The Bertz CT molecular complexity index is 732. The molecule has 0 aliphatic carbocycles. The van der Waals surface area contributed by atoms with Gasteiger partial charge in [-0.3, -0.25) is 0 Å². The zero-order valence-electron chi connectivity index (χ0n) is 16.1. The number of hydrogen-bond acceptors (Lipinski definition) is 7. The molecule has 1 unspecified atom stereocenters. The minimum absolute atomic E-state index is 0. The third kappa shape index (κ3) is 6.46. The van der Waals surface area contributed by atoms with Crippen LogP contribution in [0.4, 0.5) is 0 Å². The number of carbonyl (C=O) groups excluding carboxylic acids is 2. The highest BCUT2D eigenvalue weighted by molar-refractivity contribution is 7.89. The van der Waals surface area contributed by atoms with Crippen molar-refractivity contribution in [3.63, 3.8) is 0 Å². The predicted molar refractivity (Wildman–Crippen MR) is 104 cm³/mol. The smallest absolute Gasteiger partial charge is 0.337 e. The molecule has 0 heterocycles. The molecule has 2 N–H and O–H groups in total. The number of rotatable bonds is 8. The molecule has 0 fully saturated rings. The molecule has 27 heavy (non-hydrogen) atoms. The molecule has 0 aromatic heterocycles. The van der Waals surface area contributed by atoms with Crippen molar-refractivity contribution in [3.8, 4) is 0 Å². The Morgan fingerprint density at radius 3 is 1.89 bits per heavy atom. The van der Waals surface area contributed by atoms with Gasteiger partial charge in [-0.05, 0) is 30.5 Å². The van der Waals surface area contributed by atoms with Crippen molar-refractivity contribution in [2.45, 2.75) is 31.2 Å². The highest BCUT2D eigenvalue weighted by Crippen LogP contribution is 2.21. The van der Waals surface area contributed by atoms with Crippen LogP contribution in [0.25, 0.3) is 0 Å². The monoisotopic (exact) mass is 422 g/mol. The summed E-state index contributed by atoms with van der Waals surface area (Å²) in [6.45, 7) is 4.13. The molecule has 154 valence electrons. The van der Waals surface area contributed by atoms with Gasteiger partial charge in [-0.2, -0.15) is 0 Å². The lowest BCUT2D eigenvalue weighted by Gasteiger charge is -2.21. The van der Waals surface area contributed by atoms with Crippen LogP contribution >= 0.6 is 12.4 Å². The maximum atomic E-state index is 12.8. The number of methoxy groups -OCH3 is 2. The van der Waals surface area contributed by atoms with Gasteiger partial charge in [-0.25, -0.2) is 22.3 Å². The first-order valence-electron chi connectivity index (χ1n) is 8.08. The predicted octanol–water partition coefficient (Wildman–Crippen LogP) is 1.68. The topological polar surface area (TPSA) is 116 Å². The SMILES string of the molecule is COC(=O)c1cc(C(=O)OC)cc(S(=O)(=O)N(C)CCC(N)C(C)C)c1.Cl. The second-order valence-corrected chi connectivity index (χ2v) is 8.30. The molecule has 0 aliphatic heterocycles. The van der Waals surface area contributed by atoms with Crippen LogP contribution in [0.15, 0.2) is 23.1 Å². The van der Waals surface area contributed by atoms with Gasteiger partial charge in [-0.15, -0.1) is 12.4 Å². The maximum absolute atomic E-state index is 12.8. The second kappa shape index (κ2) is 10.6. The van der Waals surface area contributed by atoms with Gasteiger partial charge in [0.05, 0.1) is 30.2 Å². The van der Waals surface area contributed by atoms with E-state index in [-0.39, 0.29) is 46.9 Å². The lowest BCUT2D eigenvalue weighted by molar-refractivity contribution is 0.0598. The molecule has 0 amide bonds. The van der Waals surface area contributed by atoms with Crippen molar-refractivity contribution < 1.29 is 27.5 Å². The Morgan fingerprint density at radius 1 is 1.07 bits per heavy atom. The molecule has 0 spiro atoms. The zero-order valence-corrected chi connectivity index (χ0v) is 17.7. The van der Waals surface area contributed by atoms with Crippen LogP contribution in [-0.2, 0) is 19.5 Å². The summed E-state index contributed by atoms with van der Waals surface area (Å²) in [6, 6.07) is 3.43. The van der Waals surface area contributed by atoms with Crippen molar-refractivity contribution in [3.05, 3.63) is 29.3 Å². The summed E-state index contributed by atoms with van der Waals surface area (Å²) < 4.78 is 36.0. The van der Waals surface area contributed by atoms with E-state index in [1.54, 1.807) is 0 Å². The zero-order chi connectivity index (χ0) is 20.1. The number of halogens is 1. The van der Waals surface area contributed by atoms with Crippen molar-refractivity contribution in [1.82, 2.24) is 4.31 Å². The van der Waals surface area contributed by atoms with E-state index in [1.807, 2.05) is 13.8 Å². The molecule has 0 bridgehead atoms. The van der Waals surface area contributed by atoms with E-state index in [0.717, 1.165) is 4.31 Å². The summed E-state index contributed by atoms with van der Waals surface area (Å²) in [5.74, 6) is -1.28. The number of sulfonamides is 1. The molecule has 0 radical (unpaired) electrons. The van der Waals surface area contributed by atoms with Crippen molar-refractivity contribution in [2.75, 3.05) is 27.8 Å². The van der Waals surface area contributed by atoms with E-state index in [1.165, 1.54) is 39.5 Å². The van der Waals surface area contributed by atoms with Crippen LogP contribution < -0.4 is 5.73 Å². The van der Waals surface area contributed by atoms with Crippen molar-refractivity contribution in [1.29, 1.82) is 0 Å². The van der Waals surface area contributed by atoms with Crippen LogP contribution in [0, 0.1) is 5.92 Å². The van der Waals surface area contributed by atoms with Gasteiger partial charge in [0.2, 0.25) is 10.0 Å². The van der Waals surface area contributed by atoms with E-state index < -0.39 is 22.0 Å². The summed E-state index contributed by atoms with van der Waals surface area (Å²) in [5, 5.41) is 0. The minimum atomic E-state index is -3.93. The van der Waals surface area contributed by atoms with Gasteiger partial charge >= 0.3 is 11.9 Å². The summed E-state index contributed by atoms with van der Waals surface area (Å²) in [6.07, 6.45) is 0.480. The van der Waals surface area contributed by atoms with Gasteiger partial charge in [0.15, 0.2) is 0 Å². The molecule has 0 saturated heterocycles. The van der Waals surface area contributed by atoms with Crippen LogP contribution in [-0.4, -0.2) is 58.5 Å². The normalized spacial score (nSPS) is 12.4. The third-order valence-electron chi connectivity index (χ3n) is 4.09. The molecule has 0 aliphatic rings. The Hall–Kier alpha value is -1.68. The molecular formula is C17H27ClN2O6S. The first-order chi connectivity index (χ1) is 12.0. The van der Waals surface area contributed by atoms with E-state index >= 15 is 0 Å². The molecule has 1 atom stereocenters. The standard InChI is InChI=1S/C17H26N2O6S.ClH/c1-11(2)15(18)6-7-19(3)26(22,23)14-9-12(16(20)24-4)8-13(10-14)17(21)25-5;/h8-11,15H,6-7,18H2,1-5H3;1H. The molecule has 1 aromatic carbocycles. The summed E-state index contributed by atoms with van der Waals surface area (Å²) in [5.41, 5.74) is 5.86. The lowest BCUT2D eigenvalue weighted by atomic mass is 10.0. The summed E-state index contributed by atoms with van der Waals surface area (Å²) >= 11 is 0. The Labute approximate surface area is 166 Å². The number of carbonyl (C=O) groups is 2. The second-order valence-electron chi connectivity index (χ2n) is 6.25. The summed E-state index contributed by atoms with van der Waals surface area (Å²) in [4.78, 5) is 23.4. The fraction of sp³-hybridized carbons (Fsp3) is 0.529. The van der Waals surface area contributed by atoms with Gasteiger partial charge in [0, 0.05) is 19.6 Å². The van der Waals surface area contributed by atoms with E-state index in [2.05, 4.69) is 9.47 Å². The minimum Gasteiger partial charge on any atom is -0.465 e. The third-order valence-corrected chi connectivity index (χ3v) is 5.93.